The molecule has 1 unspecified atom stereocenters. The van der Waals surface area contributed by atoms with E-state index in [1.54, 1.807) is 0 Å². The standard InChI is InChI=1S/C29H16N2O.C5H8O2.Ir/c1-4-14-26-18(9-1)22-15-25-21(16-27(22)32-26)19-10-5-7-17-8-6-11-20(28(17)19)29-30-23-12-2-3-13-24(23)31(25)29;1-4(6)3-5(2)7;/h1-10,12-16,29H;3,6H,1-2H3;/q-2;;/b;4-3-;. The van der Waals surface area contributed by atoms with Crippen LogP contribution >= 0.6 is 0 Å². The van der Waals surface area contributed by atoms with E-state index in [2.05, 4.69) is 83.8 Å². The number of furan rings is 1. The summed E-state index contributed by atoms with van der Waals surface area (Å²) in [6.07, 6.45) is 1.02. The Morgan fingerprint density at radius 3 is 2.50 bits per heavy atom. The van der Waals surface area contributed by atoms with Gasteiger partial charge in [-0.2, -0.15) is 18.2 Å². The third kappa shape index (κ3) is 4.08. The molecule has 1 aromatic heterocycles. The molecule has 1 radical (unpaired) electrons. The topological polar surface area (TPSA) is 67.8 Å². The first kappa shape index (κ1) is 25.9. The molecule has 3 heterocycles. The van der Waals surface area contributed by atoms with Gasteiger partial charge in [0.25, 0.3) is 0 Å². The number of fused-ring (bicyclic) bond motifs is 10. The van der Waals surface area contributed by atoms with Crippen LogP contribution in [0.25, 0.3) is 49.2 Å². The van der Waals surface area contributed by atoms with E-state index in [1.165, 1.54) is 36.3 Å². The summed E-state index contributed by atoms with van der Waals surface area (Å²) in [4.78, 5) is 12.4. The van der Waals surface area contributed by atoms with Gasteiger partial charge in [0.1, 0.15) is 11.2 Å². The van der Waals surface area contributed by atoms with Crippen molar-refractivity contribution < 1.29 is 34.4 Å². The molecule has 1 atom stereocenters. The van der Waals surface area contributed by atoms with Crippen LogP contribution in [0.4, 0.5) is 17.1 Å². The maximum Gasteiger partial charge on any atom is 0.155 e. The molecule has 0 amide bonds. The van der Waals surface area contributed by atoms with Gasteiger partial charge in [-0.1, -0.05) is 60.2 Å². The Balaban J connectivity index is 0.000000325. The van der Waals surface area contributed by atoms with Crippen molar-refractivity contribution in [2.75, 3.05) is 4.90 Å². The van der Waals surface area contributed by atoms with Gasteiger partial charge in [-0.15, -0.1) is 22.0 Å². The zero-order valence-corrected chi connectivity index (χ0v) is 24.2. The van der Waals surface area contributed by atoms with Crippen LogP contribution in [0.15, 0.2) is 107 Å². The molecule has 5 nitrogen and oxygen atoms in total. The van der Waals surface area contributed by atoms with Crippen LogP contribution < -0.4 is 4.90 Å². The summed E-state index contributed by atoms with van der Waals surface area (Å²) >= 11 is 0. The molecule has 0 aliphatic carbocycles. The number of carbonyl (C=O) groups is 1. The van der Waals surface area contributed by atoms with E-state index < -0.39 is 0 Å². The van der Waals surface area contributed by atoms with Crippen LogP contribution in [0.1, 0.15) is 25.6 Å². The molecule has 2 aliphatic heterocycles. The largest absolute Gasteiger partial charge is 0.661 e. The Hall–Kier alpha value is -4.38. The first-order chi connectivity index (χ1) is 19.0. The molecule has 199 valence electrons. The summed E-state index contributed by atoms with van der Waals surface area (Å²) in [6, 6.07) is 35.4. The molecule has 0 fully saturated rings. The van der Waals surface area contributed by atoms with Crippen molar-refractivity contribution >= 4 is 55.6 Å². The van der Waals surface area contributed by atoms with E-state index in [-0.39, 0.29) is 37.8 Å². The minimum absolute atomic E-state index is 0. The number of ketones is 1. The van der Waals surface area contributed by atoms with Gasteiger partial charge in [-0.3, -0.25) is 4.79 Å². The molecule has 40 heavy (non-hydrogen) atoms. The van der Waals surface area contributed by atoms with E-state index in [1.807, 2.05) is 18.2 Å². The van der Waals surface area contributed by atoms with Crippen LogP contribution in [0.3, 0.4) is 0 Å². The number of benzene rings is 5. The number of aliphatic hydroxyl groups excluding tert-OH is 1. The SMILES string of the molecule is CC(=O)/C=C(/C)O.[Ir].[c-]1ccc2cccc3c2c1C1[N-]c2ccccc2N1c1cc2c(cc1-3)oc1ccccc12. The van der Waals surface area contributed by atoms with Crippen molar-refractivity contribution in [3.63, 3.8) is 0 Å². The summed E-state index contributed by atoms with van der Waals surface area (Å²) in [7, 11) is 0. The molecule has 5 aromatic carbocycles. The fourth-order valence-corrected chi connectivity index (χ4v) is 5.75. The van der Waals surface area contributed by atoms with E-state index in [0.717, 1.165) is 50.1 Å². The summed E-state index contributed by atoms with van der Waals surface area (Å²) in [6.45, 7) is 2.85. The third-order valence-electron chi connectivity index (χ3n) is 7.23. The Labute approximate surface area is 245 Å². The number of rotatable bonds is 1. The zero-order chi connectivity index (χ0) is 26.7. The predicted molar refractivity (Wildman–Crippen MR) is 157 cm³/mol. The minimum Gasteiger partial charge on any atom is -0.661 e. The van der Waals surface area contributed by atoms with Gasteiger partial charge in [0.2, 0.25) is 0 Å². The van der Waals surface area contributed by atoms with Crippen molar-refractivity contribution in [2.45, 2.75) is 20.0 Å². The number of anilines is 2. The average Bonchev–Trinajstić information content (AvgIpc) is 3.46. The Kier molecular flexibility index (Phi) is 6.45. The molecule has 1 N–H and O–H groups in total. The number of hydrogen-bond acceptors (Lipinski definition) is 4. The summed E-state index contributed by atoms with van der Waals surface area (Å²) in [5, 5.41) is 18.2. The Morgan fingerprint density at radius 1 is 0.900 bits per heavy atom. The van der Waals surface area contributed by atoms with E-state index in [4.69, 9.17) is 14.8 Å². The second-order valence-corrected chi connectivity index (χ2v) is 9.88. The first-order valence-corrected chi connectivity index (χ1v) is 12.9. The van der Waals surface area contributed by atoms with Crippen molar-refractivity contribution in [1.82, 2.24) is 0 Å². The molecule has 0 bridgehead atoms. The van der Waals surface area contributed by atoms with Crippen molar-refractivity contribution in [2.24, 2.45) is 0 Å². The quantitative estimate of drug-likeness (QED) is 0.105. The Morgan fingerprint density at radius 2 is 1.70 bits per heavy atom. The van der Waals surface area contributed by atoms with Crippen molar-refractivity contribution in [1.29, 1.82) is 0 Å². The molecule has 2 aliphatic rings. The molecule has 8 rings (SSSR count). The van der Waals surface area contributed by atoms with Gasteiger partial charge in [0.15, 0.2) is 5.78 Å². The smallest absolute Gasteiger partial charge is 0.155 e. The van der Waals surface area contributed by atoms with Crippen LogP contribution in [-0.4, -0.2) is 10.9 Å². The second-order valence-electron chi connectivity index (χ2n) is 9.88. The van der Waals surface area contributed by atoms with E-state index in [0.29, 0.717) is 0 Å². The van der Waals surface area contributed by atoms with E-state index >= 15 is 0 Å². The summed E-state index contributed by atoms with van der Waals surface area (Å²) in [5.41, 5.74) is 8.61. The fourth-order valence-electron chi connectivity index (χ4n) is 5.75. The number of allylic oxidation sites excluding steroid dienone is 2. The average molecular weight is 701 g/mol. The maximum absolute atomic E-state index is 10.0. The van der Waals surface area contributed by atoms with Crippen molar-refractivity contribution in [3.8, 4) is 11.1 Å². The van der Waals surface area contributed by atoms with Gasteiger partial charge in [0, 0.05) is 48.3 Å². The van der Waals surface area contributed by atoms with Crippen LogP contribution in [-0.2, 0) is 24.9 Å². The summed E-state index contributed by atoms with van der Waals surface area (Å²) in [5.74, 6) is -0.0625. The molecule has 6 aromatic rings. The van der Waals surface area contributed by atoms with Gasteiger partial charge < -0.3 is 19.7 Å². The monoisotopic (exact) mass is 701 g/mol. The van der Waals surface area contributed by atoms with Crippen molar-refractivity contribution in [3.05, 3.63) is 120 Å². The van der Waals surface area contributed by atoms with Gasteiger partial charge >= 0.3 is 0 Å². The van der Waals surface area contributed by atoms with Crippen LogP contribution in [0.2, 0.25) is 0 Å². The van der Waals surface area contributed by atoms with Crippen LogP contribution in [0, 0.1) is 6.07 Å². The second kappa shape index (κ2) is 9.98. The number of para-hydroxylation sites is 3. The number of hydrogen-bond donors (Lipinski definition) is 1. The number of carbonyl (C=O) groups excluding carboxylic acids is 1. The number of aliphatic hydroxyl groups is 1. The van der Waals surface area contributed by atoms with Crippen LogP contribution in [0.5, 0.6) is 0 Å². The molecular formula is C34H24IrN2O3-2. The van der Waals surface area contributed by atoms with E-state index in [9.17, 15) is 4.79 Å². The fraction of sp³-hybridized carbons (Fsp3) is 0.0882. The molecule has 6 heteroatoms. The summed E-state index contributed by atoms with van der Waals surface area (Å²) < 4.78 is 6.27. The minimum atomic E-state index is -0.144. The number of nitrogens with zero attached hydrogens (tertiary/aromatic N) is 2. The third-order valence-corrected chi connectivity index (χ3v) is 7.23. The first-order valence-electron chi connectivity index (χ1n) is 12.9. The molecule has 0 spiro atoms. The molecule has 0 saturated heterocycles. The molecule has 0 saturated carbocycles. The molecular weight excluding hydrogens is 677 g/mol. The zero-order valence-electron chi connectivity index (χ0n) is 21.8. The predicted octanol–water partition coefficient (Wildman–Crippen LogP) is 9.41. The Bertz CT molecular complexity index is 1960. The van der Waals surface area contributed by atoms with Gasteiger partial charge in [0.05, 0.1) is 5.76 Å². The van der Waals surface area contributed by atoms with Gasteiger partial charge in [-0.25, -0.2) is 0 Å². The van der Waals surface area contributed by atoms with Gasteiger partial charge in [-0.05, 0) is 49.8 Å². The normalized spacial score (nSPS) is 14.8. The maximum atomic E-state index is 10.0.